The monoisotopic (exact) mass is 261 g/mol. The van der Waals surface area contributed by atoms with E-state index in [4.69, 9.17) is 5.73 Å². The Kier molecular flexibility index (Phi) is 4.04. The van der Waals surface area contributed by atoms with Crippen LogP contribution in [0.4, 0.5) is 4.39 Å². The van der Waals surface area contributed by atoms with Gasteiger partial charge in [-0.3, -0.25) is 0 Å². The summed E-state index contributed by atoms with van der Waals surface area (Å²) in [5.41, 5.74) is 5.69. The zero-order valence-corrected chi connectivity index (χ0v) is 9.46. The Bertz CT molecular complexity index is 319. The lowest BCUT2D eigenvalue weighted by atomic mass is 9.97. The van der Waals surface area contributed by atoms with Crippen molar-refractivity contribution in [3.63, 3.8) is 0 Å². The number of aliphatic hydroxyl groups excluding tert-OH is 1. The van der Waals surface area contributed by atoms with Crippen molar-refractivity contribution in [3.05, 3.63) is 34.1 Å². The molecule has 0 aromatic heterocycles. The van der Waals surface area contributed by atoms with Gasteiger partial charge in [0.1, 0.15) is 5.82 Å². The van der Waals surface area contributed by atoms with Crippen LogP contribution in [0.25, 0.3) is 0 Å². The normalized spacial score (nSPS) is 15.2. The molecule has 0 aliphatic carbocycles. The minimum Gasteiger partial charge on any atom is -0.388 e. The molecule has 0 amide bonds. The number of nitrogens with two attached hydrogens (primary N) is 1. The molecule has 2 nitrogen and oxygen atoms in total. The number of hydrogen-bond acceptors (Lipinski definition) is 2. The zero-order chi connectivity index (χ0) is 10.7. The van der Waals surface area contributed by atoms with Crippen LogP contribution < -0.4 is 5.73 Å². The highest BCUT2D eigenvalue weighted by molar-refractivity contribution is 9.10. The molecule has 0 bridgehead atoms. The van der Waals surface area contributed by atoms with Gasteiger partial charge in [0.2, 0.25) is 0 Å². The van der Waals surface area contributed by atoms with Crippen LogP contribution >= 0.6 is 15.9 Å². The summed E-state index contributed by atoms with van der Waals surface area (Å²) >= 11 is 3.07. The molecule has 0 saturated heterocycles. The van der Waals surface area contributed by atoms with E-state index >= 15 is 0 Å². The minimum atomic E-state index is -0.850. The summed E-state index contributed by atoms with van der Waals surface area (Å²) < 4.78 is 13.9. The van der Waals surface area contributed by atoms with Crippen molar-refractivity contribution in [2.24, 2.45) is 11.7 Å². The van der Waals surface area contributed by atoms with Crippen molar-refractivity contribution >= 4 is 15.9 Å². The first-order valence-corrected chi connectivity index (χ1v) is 5.19. The number of benzene rings is 1. The van der Waals surface area contributed by atoms with Crippen LogP contribution in [0.5, 0.6) is 0 Å². The summed E-state index contributed by atoms with van der Waals surface area (Å²) in [4.78, 5) is 0. The number of halogens is 2. The van der Waals surface area contributed by atoms with Crippen LogP contribution in [-0.2, 0) is 0 Å². The molecule has 0 spiro atoms. The van der Waals surface area contributed by atoms with Crippen molar-refractivity contribution in [3.8, 4) is 0 Å². The Morgan fingerprint density at radius 3 is 2.79 bits per heavy atom. The zero-order valence-electron chi connectivity index (χ0n) is 7.87. The maximum Gasteiger partial charge on any atom is 0.143 e. The van der Waals surface area contributed by atoms with Crippen LogP contribution in [0.2, 0.25) is 0 Å². The lowest BCUT2D eigenvalue weighted by Crippen LogP contribution is -2.19. The molecule has 1 aromatic carbocycles. The fourth-order valence-corrected chi connectivity index (χ4v) is 1.57. The molecule has 78 valence electrons. The average Bonchev–Trinajstić information content (AvgIpc) is 2.20. The molecule has 2 atom stereocenters. The fraction of sp³-hybridized carbons (Fsp3) is 0.400. The lowest BCUT2D eigenvalue weighted by Gasteiger charge is -2.18. The van der Waals surface area contributed by atoms with Gasteiger partial charge in [-0.05, 0) is 34.5 Å². The topological polar surface area (TPSA) is 46.2 Å². The van der Waals surface area contributed by atoms with Crippen LogP contribution in [0.3, 0.4) is 0 Å². The van der Waals surface area contributed by atoms with Crippen molar-refractivity contribution in [1.82, 2.24) is 0 Å². The molecule has 1 aromatic rings. The van der Waals surface area contributed by atoms with Gasteiger partial charge in [0, 0.05) is 5.56 Å². The predicted molar refractivity (Wildman–Crippen MR) is 57.3 cm³/mol. The lowest BCUT2D eigenvalue weighted by molar-refractivity contribution is 0.117. The summed E-state index contributed by atoms with van der Waals surface area (Å²) in [6.07, 6.45) is -0.850. The van der Waals surface area contributed by atoms with Gasteiger partial charge in [-0.1, -0.05) is 19.1 Å². The predicted octanol–water partition coefficient (Wildman–Crippen LogP) is 2.22. The van der Waals surface area contributed by atoms with Gasteiger partial charge in [0.15, 0.2) is 0 Å². The first kappa shape index (κ1) is 11.6. The van der Waals surface area contributed by atoms with Gasteiger partial charge in [0.05, 0.1) is 10.6 Å². The maximum atomic E-state index is 13.5. The maximum absolute atomic E-state index is 13.5. The van der Waals surface area contributed by atoms with E-state index in [1.54, 1.807) is 25.1 Å². The Morgan fingerprint density at radius 2 is 2.21 bits per heavy atom. The van der Waals surface area contributed by atoms with E-state index in [2.05, 4.69) is 15.9 Å². The number of rotatable bonds is 3. The SMILES string of the molecule is CC(CN)C(O)c1cccc(Br)c1F. The Morgan fingerprint density at radius 1 is 1.57 bits per heavy atom. The van der Waals surface area contributed by atoms with E-state index in [1.165, 1.54) is 0 Å². The van der Waals surface area contributed by atoms with Gasteiger partial charge < -0.3 is 10.8 Å². The van der Waals surface area contributed by atoms with Crippen LogP contribution in [0.15, 0.2) is 22.7 Å². The molecule has 3 N–H and O–H groups in total. The van der Waals surface area contributed by atoms with E-state index in [0.717, 1.165) is 0 Å². The molecule has 1 rings (SSSR count). The summed E-state index contributed by atoms with van der Waals surface area (Å²) in [6.45, 7) is 2.11. The van der Waals surface area contributed by atoms with Crippen LogP contribution in [0, 0.1) is 11.7 Å². The quantitative estimate of drug-likeness (QED) is 0.877. The van der Waals surface area contributed by atoms with Crippen molar-refractivity contribution < 1.29 is 9.50 Å². The number of hydrogen-bond donors (Lipinski definition) is 2. The van der Waals surface area contributed by atoms with E-state index in [0.29, 0.717) is 11.0 Å². The van der Waals surface area contributed by atoms with Crippen LogP contribution in [0.1, 0.15) is 18.6 Å². The minimum absolute atomic E-state index is 0.154. The highest BCUT2D eigenvalue weighted by Gasteiger charge is 2.19. The Labute approximate surface area is 91.1 Å². The van der Waals surface area contributed by atoms with Gasteiger partial charge in [-0.15, -0.1) is 0 Å². The summed E-state index contributed by atoms with van der Waals surface area (Å²) in [5.74, 6) is -0.570. The van der Waals surface area contributed by atoms with Crippen molar-refractivity contribution in [2.75, 3.05) is 6.54 Å². The molecular formula is C10H13BrFNO. The van der Waals surface area contributed by atoms with Gasteiger partial charge in [-0.2, -0.15) is 0 Å². The van der Waals surface area contributed by atoms with Crippen molar-refractivity contribution in [1.29, 1.82) is 0 Å². The summed E-state index contributed by atoms with van der Waals surface area (Å²) in [5, 5.41) is 9.75. The second-order valence-corrected chi connectivity index (χ2v) is 4.16. The largest absolute Gasteiger partial charge is 0.388 e. The molecule has 0 heterocycles. The van der Waals surface area contributed by atoms with Gasteiger partial charge in [-0.25, -0.2) is 4.39 Å². The second kappa shape index (κ2) is 4.87. The average molecular weight is 262 g/mol. The van der Waals surface area contributed by atoms with Crippen LogP contribution in [-0.4, -0.2) is 11.7 Å². The Balaban J connectivity index is 3.01. The van der Waals surface area contributed by atoms with E-state index in [9.17, 15) is 9.50 Å². The molecule has 0 radical (unpaired) electrons. The van der Waals surface area contributed by atoms with Gasteiger partial charge in [0.25, 0.3) is 0 Å². The highest BCUT2D eigenvalue weighted by atomic mass is 79.9. The highest BCUT2D eigenvalue weighted by Crippen LogP contribution is 2.27. The molecular weight excluding hydrogens is 249 g/mol. The first-order chi connectivity index (χ1) is 6.57. The molecule has 0 aliphatic heterocycles. The summed E-state index contributed by atoms with van der Waals surface area (Å²) in [7, 11) is 0. The molecule has 14 heavy (non-hydrogen) atoms. The number of aliphatic hydroxyl groups is 1. The molecule has 4 heteroatoms. The van der Waals surface area contributed by atoms with Crippen molar-refractivity contribution in [2.45, 2.75) is 13.0 Å². The molecule has 2 unspecified atom stereocenters. The molecule has 0 saturated carbocycles. The molecule has 0 aliphatic rings. The fourth-order valence-electron chi connectivity index (χ4n) is 1.18. The standard InChI is InChI=1S/C10H13BrFNO/c1-6(5-13)10(14)7-3-2-4-8(11)9(7)12/h2-4,6,10,14H,5,13H2,1H3. The third-order valence-corrected chi connectivity index (χ3v) is 2.82. The first-order valence-electron chi connectivity index (χ1n) is 4.40. The van der Waals surface area contributed by atoms with E-state index < -0.39 is 11.9 Å². The van der Waals surface area contributed by atoms with Gasteiger partial charge >= 0.3 is 0 Å². The smallest absolute Gasteiger partial charge is 0.143 e. The Hall–Kier alpha value is -0.450. The van der Waals surface area contributed by atoms with E-state index in [1.807, 2.05) is 0 Å². The molecule has 0 fully saturated rings. The summed E-state index contributed by atoms with van der Waals surface area (Å²) in [6, 6.07) is 4.85. The second-order valence-electron chi connectivity index (χ2n) is 3.30. The third-order valence-electron chi connectivity index (χ3n) is 2.21. The third kappa shape index (κ3) is 2.32. The van der Waals surface area contributed by atoms with E-state index in [-0.39, 0.29) is 11.5 Å².